The van der Waals surface area contributed by atoms with Gasteiger partial charge in [0.1, 0.15) is 0 Å². The third-order valence-electron chi connectivity index (χ3n) is 3.30. The maximum atomic E-state index is 12.2. The molecule has 2 N–H and O–H groups in total. The number of nitrogens with two attached hydrogens (primary N) is 1. The Kier molecular flexibility index (Phi) is 7.52. The van der Waals surface area contributed by atoms with Crippen molar-refractivity contribution in [2.75, 3.05) is 19.1 Å². The van der Waals surface area contributed by atoms with Crippen LogP contribution in [0.4, 0.5) is 0 Å². The fourth-order valence-corrected chi connectivity index (χ4v) is 3.58. The molecule has 0 aliphatic rings. The number of hydrogen-bond acceptors (Lipinski definition) is 4. The SMILES string of the molecule is CSCCC(N)C(=O)N(C)Cc1csc2ccccc12.Cl. The van der Waals surface area contributed by atoms with Gasteiger partial charge in [-0.05, 0) is 40.8 Å². The number of thiophene rings is 1. The van der Waals surface area contributed by atoms with Crippen LogP contribution >= 0.6 is 35.5 Å². The molecule has 1 aromatic carbocycles. The summed E-state index contributed by atoms with van der Waals surface area (Å²) < 4.78 is 1.26. The van der Waals surface area contributed by atoms with Gasteiger partial charge in [-0.3, -0.25) is 4.79 Å². The summed E-state index contributed by atoms with van der Waals surface area (Å²) in [7, 11) is 1.83. The Morgan fingerprint density at radius 3 is 2.86 bits per heavy atom. The topological polar surface area (TPSA) is 46.3 Å². The molecule has 3 nitrogen and oxygen atoms in total. The molecule has 0 spiro atoms. The third kappa shape index (κ3) is 4.61. The summed E-state index contributed by atoms with van der Waals surface area (Å²) >= 11 is 3.43. The van der Waals surface area contributed by atoms with Gasteiger partial charge in [0.25, 0.3) is 0 Å². The second-order valence-corrected chi connectivity index (χ2v) is 6.74. The van der Waals surface area contributed by atoms with Gasteiger partial charge in [0, 0.05) is 18.3 Å². The van der Waals surface area contributed by atoms with Crippen molar-refractivity contribution in [1.82, 2.24) is 4.90 Å². The van der Waals surface area contributed by atoms with E-state index in [0.717, 1.165) is 12.2 Å². The van der Waals surface area contributed by atoms with Crippen molar-refractivity contribution >= 4 is 51.5 Å². The first-order valence-corrected chi connectivity index (χ1v) is 8.85. The molecule has 21 heavy (non-hydrogen) atoms. The van der Waals surface area contributed by atoms with Gasteiger partial charge in [-0.15, -0.1) is 23.7 Å². The molecule has 1 unspecified atom stereocenters. The van der Waals surface area contributed by atoms with Crippen molar-refractivity contribution in [2.45, 2.75) is 19.0 Å². The van der Waals surface area contributed by atoms with E-state index >= 15 is 0 Å². The van der Waals surface area contributed by atoms with Crippen molar-refractivity contribution < 1.29 is 4.79 Å². The second-order valence-electron chi connectivity index (χ2n) is 4.84. The highest BCUT2D eigenvalue weighted by molar-refractivity contribution is 7.98. The van der Waals surface area contributed by atoms with Gasteiger partial charge >= 0.3 is 0 Å². The van der Waals surface area contributed by atoms with Crippen molar-refractivity contribution in [3.63, 3.8) is 0 Å². The molecule has 0 bridgehead atoms. The fraction of sp³-hybridized carbons (Fsp3) is 0.400. The molecule has 0 fully saturated rings. The molecule has 0 saturated heterocycles. The fourth-order valence-electron chi connectivity index (χ4n) is 2.14. The molecule has 1 atom stereocenters. The quantitative estimate of drug-likeness (QED) is 0.874. The second kappa shape index (κ2) is 8.63. The lowest BCUT2D eigenvalue weighted by molar-refractivity contribution is -0.131. The molecule has 116 valence electrons. The van der Waals surface area contributed by atoms with E-state index in [9.17, 15) is 4.79 Å². The number of carbonyl (C=O) groups is 1. The molecular formula is C15H21ClN2OS2. The molecule has 1 aromatic heterocycles. The minimum atomic E-state index is -0.391. The van der Waals surface area contributed by atoms with Crippen molar-refractivity contribution in [2.24, 2.45) is 5.73 Å². The summed E-state index contributed by atoms with van der Waals surface area (Å²) in [6.45, 7) is 0.621. The number of nitrogens with zero attached hydrogens (tertiary/aromatic N) is 1. The van der Waals surface area contributed by atoms with Crippen LogP contribution in [-0.2, 0) is 11.3 Å². The van der Waals surface area contributed by atoms with Crippen LogP contribution in [0.15, 0.2) is 29.6 Å². The number of halogens is 1. The number of likely N-dealkylation sites (N-methyl/N-ethyl adjacent to an activating group) is 1. The molecule has 1 amide bonds. The zero-order chi connectivity index (χ0) is 14.5. The predicted octanol–water partition coefficient (Wildman–Crippen LogP) is 3.36. The molecule has 0 aliphatic heterocycles. The number of carbonyl (C=O) groups excluding carboxylic acids is 1. The minimum Gasteiger partial charge on any atom is -0.340 e. The Morgan fingerprint density at radius 2 is 2.14 bits per heavy atom. The van der Waals surface area contributed by atoms with Gasteiger partial charge in [0.2, 0.25) is 5.91 Å². The average molecular weight is 345 g/mol. The zero-order valence-corrected chi connectivity index (χ0v) is 14.7. The Morgan fingerprint density at radius 1 is 1.43 bits per heavy atom. The first-order chi connectivity index (χ1) is 9.63. The van der Waals surface area contributed by atoms with E-state index < -0.39 is 6.04 Å². The molecular weight excluding hydrogens is 324 g/mol. The maximum absolute atomic E-state index is 12.2. The Balaban J connectivity index is 0.00000220. The van der Waals surface area contributed by atoms with Gasteiger partial charge in [-0.25, -0.2) is 0 Å². The van der Waals surface area contributed by atoms with Gasteiger partial charge in [0.15, 0.2) is 0 Å². The van der Waals surface area contributed by atoms with E-state index in [-0.39, 0.29) is 18.3 Å². The highest BCUT2D eigenvalue weighted by Crippen LogP contribution is 2.26. The van der Waals surface area contributed by atoms with Crippen LogP contribution in [0.2, 0.25) is 0 Å². The summed E-state index contributed by atoms with van der Waals surface area (Å²) in [5.41, 5.74) is 7.14. The number of rotatable bonds is 6. The molecule has 6 heteroatoms. The van der Waals surface area contributed by atoms with Crippen molar-refractivity contribution in [3.8, 4) is 0 Å². The van der Waals surface area contributed by atoms with E-state index in [1.54, 1.807) is 28.0 Å². The lowest BCUT2D eigenvalue weighted by Gasteiger charge is -2.21. The summed E-state index contributed by atoms with van der Waals surface area (Å²) in [6, 6.07) is 7.89. The predicted molar refractivity (Wildman–Crippen MR) is 96.5 cm³/mol. The van der Waals surface area contributed by atoms with Gasteiger partial charge < -0.3 is 10.6 Å². The summed E-state index contributed by atoms with van der Waals surface area (Å²) in [4.78, 5) is 13.9. The number of thioether (sulfide) groups is 1. The van der Waals surface area contributed by atoms with E-state index in [1.807, 2.05) is 25.4 Å². The number of amides is 1. The maximum Gasteiger partial charge on any atom is 0.239 e. The van der Waals surface area contributed by atoms with E-state index in [2.05, 4.69) is 17.5 Å². The number of benzene rings is 1. The molecule has 0 aliphatic carbocycles. The van der Waals surface area contributed by atoms with E-state index in [1.165, 1.54) is 15.6 Å². The van der Waals surface area contributed by atoms with Crippen LogP contribution in [-0.4, -0.2) is 35.9 Å². The largest absolute Gasteiger partial charge is 0.340 e. The van der Waals surface area contributed by atoms with Gasteiger partial charge in [-0.1, -0.05) is 18.2 Å². The zero-order valence-electron chi connectivity index (χ0n) is 12.2. The Bertz CT molecular complexity index is 588. The minimum absolute atomic E-state index is 0. The third-order valence-corrected chi connectivity index (χ3v) is 4.95. The summed E-state index contributed by atoms with van der Waals surface area (Å²) in [5.74, 6) is 0.941. The molecule has 2 rings (SSSR count). The van der Waals surface area contributed by atoms with E-state index in [4.69, 9.17) is 5.73 Å². The highest BCUT2D eigenvalue weighted by atomic mass is 35.5. The van der Waals surface area contributed by atoms with Crippen LogP contribution in [0.5, 0.6) is 0 Å². The number of fused-ring (bicyclic) bond motifs is 1. The lowest BCUT2D eigenvalue weighted by Crippen LogP contribution is -2.41. The van der Waals surface area contributed by atoms with Crippen LogP contribution in [0.3, 0.4) is 0 Å². The van der Waals surface area contributed by atoms with Crippen LogP contribution in [0, 0.1) is 0 Å². The molecule has 0 radical (unpaired) electrons. The first kappa shape index (κ1) is 18.3. The smallest absolute Gasteiger partial charge is 0.239 e. The Hall–Kier alpha value is -0.750. The van der Waals surface area contributed by atoms with Crippen LogP contribution < -0.4 is 5.73 Å². The van der Waals surface area contributed by atoms with Gasteiger partial charge in [-0.2, -0.15) is 11.8 Å². The van der Waals surface area contributed by atoms with Crippen molar-refractivity contribution in [3.05, 3.63) is 35.2 Å². The van der Waals surface area contributed by atoms with Gasteiger partial charge in [0.05, 0.1) is 6.04 Å². The standard InChI is InChI=1S/C15H20N2OS2.ClH/c1-17(15(18)13(16)7-8-19-2)9-11-10-20-14-6-4-3-5-12(11)14;/h3-6,10,13H,7-9,16H2,1-2H3;1H. The lowest BCUT2D eigenvalue weighted by atomic mass is 10.1. The highest BCUT2D eigenvalue weighted by Gasteiger charge is 2.18. The number of hydrogen-bond donors (Lipinski definition) is 1. The summed E-state index contributed by atoms with van der Waals surface area (Å²) in [5, 5.41) is 3.36. The molecule has 1 heterocycles. The summed E-state index contributed by atoms with van der Waals surface area (Å²) in [6.07, 6.45) is 2.76. The molecule has 0 saturated carbocycles. The van der Waals surface area contributed by atoms with Crippen LogP contribution in [0.25, 0.3) is 10.1 Å². The molecule has 2 aromatic rings. The normalized spacial score (nSPS) is 12.0. The van der Waals surface area contributed by atoms with Crippen LogP contribution in [0.1, 0.15) is 12.0 Å². The average Bonchev–Trinajstić information content (AvgIpc) is 2.87. The first-order valence-electron chi connectivity index (χ1n) is 6.58. The monoisotopic (exact) mass is 344 g/mol. The van der Waals surface area contributed by atoms with Crippen molar-refractivity contribution in [1.29, 1.82) is 0 Å². The van der Waals surface area contributed by atoms with E-state index in [0.29, 0.717) is 6.54 Å². The Labute approximate surface area is 140 Å².